The van der Waals surface area contributed by atoms with Crippen molar-refractivity contribution in [3.63, 3.8) is 0 Å². The number of rotatable bonds is 4. The number of carboxylic acids is 1. The van der Waals surface area contributed by atoms with Crippen LogP contribution < -0.4 is 0 Å². The second kappa shape index (κ2) is 6.48. The van der Waals surface area contributed by atoms with Crippen LogP contribution in [0.25, 0.3) is 21.0 Å². The molecule has 2 aromatic heterocycles. The van der Waals surface area contributed by atoms with Gasteiger partial charge >= 0.3 is 5.97 Å². The number of hydrogen-bond donors (Lipinski definition) is 1. The van der Waals surface area contributed by atoms with Gasteiger partial charge in [0, 0.05) is 37.8 Å². The standard InChI is InChI=1S/C19H13BrClNO2S/c20-13-1-3-15-11(5-19(23)24)8-22(17(15)6-13)9-12-10-25-18-7-14(21)2-4-16(12)18/h1-4,6-8,10H,5,9H2,(H,23,24). The summed E-state index contributed by atoms with van der Waals surface area (Å²) in [7, 11) is 0. The third-order valence-corrected chi connectivity index (χ3v) is 5.95. The maximum Gasteiger partial charge on any atom is 0.307 e. The number of fused-ring (bicyclic) bond motifs is 2. The fourth-order valence-corrected chi connectivity index (χ4v) is 4.72. The van der Waals surface area contributed by atoms with Gasteiger partial charge in [-0.1, -0.05) is 39.7 Å². The van der Waals surface area contributed by atoms with Crippen molar-refractivity contribution in [3.8, 4) is 0 Å². The number of carbonyl (C=O) groups is 1. The number of nitrogens with zero attached hydrogens (tertiary/aromatic N) is 1. The lowest BCUT2D eigenvalue weighted by atomic mass is 10.1. The van der Waals surface area contributed by atoms with Gasteiger partial charge in [-0.2, -0.15) is 0 Å². The molecule has 0 aliphatic heterocycles. The molecule has 0 unspecified atom stereocenters. The molecule has 0 atom stereocenters. The first-order valence-electron chi connectivity index (χ1n) is 7.66. The van der Waals surface area contributed by atoms with Crippen molar-refractivity contribution in [2.24, 2.45) is 0 Å². The van der Waals surface area contributed by atoms with E-state index in [1.54, 1.807) is 11.3 Å². The lowest BCUT2D eigenvalue weighted by molar-refractivity contribution is -0.136. The van der Waals surface area contributed by atoms with Gasteiger partial charge in [-0.3, -0.25) is 4.79 Å². The smallest absolute Gasteiger partial charge is 0.307 e. The zero-order valence-corrected chi connectivity index (χ0v) is 16.2. The third-order valence-electron chi connectivity index (χ3n) is 4.23. The lowest BCUT2D eigenvalue weighted by Crippen LogP contribution is -2.00. The van der Waals surface area contributed by atoms with Gasteiger partial charge in [0.1, 0.15) is 0 Å². The van der Waals surface area contributed by atoms with Gasteiger partial charge in [-0.05, 0) is 46.2 Å². The van der Waals surface area contributed by atoms with Gasteiger partial charge in [0.25, 0.3) is 0 Å². The van der Waals surface area contributed by atoms with Crippen molar-refractivity contribution in [3.05, 3.63) is 68.6 Å². The van der Waals surface area contributed by atoms with Crippen molar-refractivity contribution in [1.29, 1.82) is 0 Å². The summed E-state index contributed by atoms with van der Waals surface area (Å²) in [6.07, 6.45) is 1.97. The normalized spacial score (nSPS) is 11.4. The molecule has 25 heavy (non-hydrogen) atoms. The molecule has 2 aromatic carbocycles. The number of benzene rings is 2. The fraction of sp³-hybridized carbons (Fsp3) is 0.105. The van der Waals surface area contributed by atoms with Crippen molar-refractivity contribution in [2.45, 2.75) is 13.0 Å². The predicted octanol–water partition coefficient (Wildman–Crippen LogP) is 5.95. The van der Waals surface area contributed by atoms with Crippen LogP contribution in [-0.4, -0.2) is 15.6 Å². The molecule has 0 aliphatic rings. The Morgan fingerprint density at radius 2 is 1.96 bits per heavy atom. The van der Waals surface area contributed by atoms with Crippen LogP contribution in [0.15, 0.2) is 52.4 Å². The molecule has 4 rings (SSSR count). The zero-order chi connectivity index (χ0) is 17.6. The molecule has 0 bridgehead atoms. The quantitative estimate of drug-likeness (QED) is 0.431. The maximum absolute atomic E-state index is 11.2. The molecule has 0 fully saturated rings. The number of thiophene rings is 1. The van der Waals surface area contributed by atoms with Crippen molar-refractivity contribution >= 4 is 65.8 Å². The highest BCUT2D eigenvalue weighted by atomic mass is 79.9. The number of aromatic nitrogens is 1. The number of carboxylic acid groups (broad SMARTS) is 1. The Labute approximate surface area is 161 Å². The molecule has 0 saturated heterocycles. The molecule has 126 valence electrons. The van der Waals surface area contributed by atoms with E-state index in [1.807, 2.05) is 42.6 Å². The van der Waals surface area contributed by atoms with Crippen LogP contribution >= 0.6 is 38.9 Å². The monoisotopic (exact) mass is 433 g/mol. The lowest BCUT2D eigenvalue weighted by Gasteiger charge is -2.05. The van der Waals surface area contributed by atoms with Crippen LogP contribution in [-0.2, 0) is 17.8 Å². The molecule has 0 amide bonds. The molecular weight excluding hydrogens is 422 g/mol. The second-order valence-electron chi connectivity index (χ2n) is 5.92. The van der Waals surface area contributed by atoms with Crippen molar-refractivity contribution in [2.75, 3.05) is 0 Å². The minimum atomic E-state index is -0.822. The average Bonchev–Trinajstić information content (AvgIpc) is 3.09. The summed E-state index contributed by atoms with van der Waals surface area (Å²) in [5.41, 5.74) is 3.06. The summed E-state index contributed by atoms with van der Waals surface area (Å²) < 4.78 is 4.25. The van der Waals surface area contributed by atoms with Crippen LogP contribution in [0.1, 0.15) is 11.1 Å². The van der Waals surface area contributed by atoms with Crippen LogP contribution in [0, 0.1) is 0 Å². The summed E-state index contributed by atoms with van der Waals surface area (Å²) in [6.45, 7) is 0.689. The van der Waals surface area contributed by atoms with Crippen LogP contribution in [0.4, 0.5) is 0 Å². The van der Waals surface area contributed by atoms with Gasteiger partial charge < -0.3 is 9.67 Å². The van der Waals surface area contributed by atoms with Crippen LogP contribution in [0.3, 0.4) is 0 Å². The number of aliphatic carboxylic acids is 1. The summed E-state index contributed by atoms with van der Waals surface area (Å²) in [5.74, 6) is -0.822. The fourth-order valence-electron chi connectivity index (χ4n) is 3.14. The Hall–Kier alpha value is -1.82. The first-order chi connectivity index (χ1) is 12.0. The Morgan fingerprint density at radius 3 is 2.76 bits per heavy atom. The van der Waals surface area contributed by atoms with E-state index < -0.39 is 5.97 Å². The van der Waals surface area contributed by atoms with E-state index in [2.05, 4.69) is 25.9 Å². The molecular formula is C19H13BrClNO2S. The SMILES string of the molecule is O=C(O)Cc1cn(Cc2csc3cc(Cl)ccc23)c2cc(Br)ccc12. The summed E-state index contributed by atoms with van der Waals surface area (Å²) in [5, 5.41) is 14.2. The molecule has 0 aliphatic carbocycles. The summed E-state index contributed by atoms with van der Waals surface area (Å²) >= 11 is 11.3. The summed E-state index contributed by atoms with van der Waals surface area (Å²) in [6, 6.07) is 11.9. The molecule has 0 spiro atoms. The number of halogens is 2. The number of hydrogen-bond acceptors (Lipinski definition) is 2. The minimum absolute atomic E-state index is 0.0190. The Bertz CT molecular complexity index is 1120. The Balaban J connectivity index is 1.82. The zero-order valence-electron chi connectivity index (χ0n) is 13.0. The van der Waals surface area contributed by atoms with E-state index in [0.29, 0.717) is 6.54 Å². The molecule has 3 nitrogen and oxygen atoms in total. The minimum Gasteiger partial charge on any atom is -0.481 e. The molecule has 2 heterocycles. The first kappa shape index (κ1) is 16.6. The van der Waals surface area contributed by atoms with Gasteiger partial charge in [-0.25, -0.2) is 0 Å². The molecule has 4 aromatic rings. The van der Waals surface area contributed by atoms with E-state index in [-0.39, 0.29) is 6.42 Å². The average molecular weight is 435 g/mol. The highest BCUT2D eigenvalue weighted by molar-refractivity contribution is 9.10. The van der Waals surface area contributed by atoms with Crippen molar-refractivity contribution in [1.82, 2.24) is 4.57 Å². The second-order valence-corrected chi connectivity index (χ2v) is 8.18. The topological polar surface area (TPSA) is 42.2 Å². The highest BCUT2D eigenvalue weighted by Gasteiger charge is 2.13. The maximum atomic E-state index is 11.2. The van der Waals surface area contributed by atoms with E-state index in [1.165, 1.54) is 10.9 Å². The molecule has 0 radical (unpaired) electrons. The summed E-state index contributed by atoms with van der Waals surface area (Å²) in [4.78, 5) is 11.2. The largest absolute Gasteiger partial charge is 0.481 e. The Kier molecular flexibility index (Phi) is 4.31. The molecule has 0 saturated carbocycles. The van der Waals surface area contributed by atoms with E-state index >= 15 is 0 Å². The van der Waals surface area contributed by atoms with E-state index in [0.717, 1.165) is 30.7 Å². The van der Waals surface area contributed by atoms with Gasteiger partial charge in [0.05, 0.1) is 6.42 Å². The predicted molar refractivity (Wildman–Crippen MR) is 107 cm³/mol. The molecule has 1 N–H and O–H groups in total. The first-order valence-corrected chi connectivity index (χ1v) is 9.71. The van der Waals surface area contributed by atoms with Gasteiger partial charge in [-0.15, -0.1) is 11.3 Å². The van der Waals surface area contributed by atoms with Crippen LogP contribution in [0.5, 0.6) is 0 Å². The third kappa shape index (κ3) is 3.19. The van der Waals surface area contributed by atoms with Crippen molar-refractivity contribution < 1.29 is 9.90 Å². The van der Waals surface area contributed by atoms with Crippen LogP contribution in [0.2, 0.25) is 5.02 Å². The van der Waals surface area contributed by atoms with Gasteiger partial charge in [0.15, 0.2) is 0 Å². The van der Waals surface area contributed by atoms with Gasteiger partial charge in [0.2, 0.25) is 0 Å². The van der Waals surface area contributed by atoms with E-state index in [4.69, 9.17) is 11.6 Å². The highest BCUT2D eigenvalue weighted by Crippen LogP contribution is 2.31. The molecule has 6 heteroatoms. The Morgan fingerprint density at radius 1 is 1.16 bits per heavy atom. The van der Waals surface area contributed by atoms with E-state index in [9.17, 15) is 9.90 Å².